The van der Waals surface area contributed by atoms with E-state index >= 15 is 0 Å². The van der Waals surface area contributed by atoms with Crippen LogP contribution in [0.4, 0.5) is 8.78 Å². The fourth-order valence-electron chi connectivity index (χ4n) is 1.23. The molecule has 84 valence electrons. The molecule has 0 spiro atoms. The second-order valence-electron chi connectivity index (χ2n) is 3.65. The molecule has 0 saturated heterocycles. The number of carboxylic acid groups (broad SMARTS) is 1. The van der Waals surface area contributed by atoms with Crippen molar-refractivity contribution in [2.45, 2.75) is 26.8 Å². The normalized spacial score (nSPS) is 11.3. The van der Waals surface area contributed by atoms with Crippen molar-refractivity contribution < 1.29 is 18.7 Å². The molecule has 0 saturated carbocycles. The number of carboxylic acids is 1. The first-order chi connectivity index (χ1) is 6.91. The largest absolute Gasteiger partial charge is 0.476 e. The number of hydrogen-bond acceptors (Lipinski definition) is 2. The molecule has 1 aromatic rings. The number of aromatic carboxylic acids is 1. The molecule has 15 heavy (non-hydrogen) atoms. The van der Waals surface area contributed by atoms with Gasteiger partial charge in [0, 0.05) is 12.7 Å². The summed E-state index contributed by atoms with van der Waals surface area (Å²) in [5.41, 5.74) is -1.09. The van der Waals surface area contributed by atoms with Gasteiger partial charge in [-0.2, -0.15) is 5.10 Å². The van der Waals surface area contributed by atoms with Crippen molar-refractivity contribution in [3.05, 3.63) is 17.5 Å². The minimum Gasteiger partial charge on any atom is -0.476 e. The Kier molecular flexibility index (Phi) is 3.39. The molecule has 1 heterocycles. The molecule has 6 heteroatoms. The van der Waals surface area contributed by atoms with Crippen molar-refractivity contribution in [3.8, 4) is 0 Å². The lowest BCUT2D eigenvalue weighted by molar-refractivity contribution is 0.0677. The predicted octanol–water partition coefficient (Wildman–Crippen LogP) is 2.17. The third-order valence-electron chi connectivity index (χ3n) is 1.78. The number of alkyl halides is 2. The van der Waals surface area contributed by atoms with Gasteiger partial charge in [0.15, 0.2) is 5.69 Å². The van der Waals surface area contributed by atoms with Crippen molar-refractivity contribution in [2.24, 2.45) is 5.92 Å². The lowest BCUT2D eigenvalue weighted by Gasteiger charge is -2.03. The van der Waals surface area contributed by atoms with Gasteiger partial charge in [0.1, 0.15) is 0 Å². The molecule has 0 bridgehead atoms. The number of aromatic nitrogens is 2. The van der Waals surface area contributed by atoms with E-state index < -0.39 is 23.7 Å². The molecule has 4 nitrogen and oxygen atoms in total. The molecule has 0 radical (unpaired) electrons. The zero-order valence-electron chi connectivity index (χ0n) is 8.44. The Balaban J connectivity index is 3.04. The lowest BCUT2D eigenvalue weighted by atomic mass is 10.2. The van der Waals surface area contributed by atoms with E-state index in [1.165, 1.54) is 4.68 Å². The molecule has 0 aliphatic heterocycles. The average Bonchev–Trinajstić information content (AvgIpc) is 2.46. The summed E-state index contributed by atoms with van der Waals surface area (Å²) in [5, 5.41) is 12.3. The highest BCUT2D eigenvalue weighted by Crippen LogP contribution is 2.22. The van der Waals surface area contributed by atoms with Gasteiger partial charge in [0.2, 0.25) is 0 Å². The first kappa shape index (κ1) is 11.6. The van der Waals surface area contributed by atoms with Gasteiger partial charge in [0.05, 0.1) is 5.56 Å². The Morgan fingerprint density at radius 2 is 2.20 bits per heavy atom. The van der Waals surface area contributed by atoms with Crippen LogP contribution < -0.4 is 0 Å². The Labute approximate surface area is 85.5 Å². The average molecular weight is 218 g/mol. The first-order valence-corrected chi connectivity index (χ1v) is 4.50. The zero-order valence-corrected chi connectivity index (χ0v) is 8.44. The van der Waals surface area contributed by atoms with Crippen LogP contribution in [-0.4, -0.2) is 20.9 Å². The maximum Gasteiger partial charge on any atom is 0.356 e. The van der Waals surface area contributed by atoms with Crippen LogP contribution in [0, 0.1) is 5.92 Å². The smallest absolute Gasteiger partial charge is 0.356 e. The van der Waals surface area contributed by atoms with Crippen LogP contribution in [0.15, 0.2) is 6.20 Å². The van der Waals surface area contributed by atoms with E-state index in [1.54, 1.807) is 0 Å². The van der Waals surface area contributed by atoms with Crippen LogP contribution >= 0.6 is 0 Å². The molecule has 0 atom stereocenters. The van der Waals surface area contributed by atoms with E-state index in [1.807, 2.05) is 13.8 Å². The second-order valence-corrected chi connectivity index (χ2v) is 3.65. The third-order valence-corrected chi connectivity index (χ3v) is 1.78. The van der Waals surface area contributed by atoms with Gasteiger partial charge in [-0.05, 0) is 5.92 Å². The second kappa shape index (κ2) is 4.37. The Bertz CT molecular complexity index is 361. The standard InChI is InChI=1S/C9H12F2N2O2/c1-5(2)3-13-4-6(8(10)11)7(12-13)9(14)15/h4-5,8H,3H2,1-2H3,(H,14,15). The Morgan fingerprint density at radius 1 is 1.60 bits per heavy atom. The summed E-state index contributed by atoms with van der Waals surface area (Å²) >= 11 is 0. The fourth-order valence-corrected chi connectivity index (χ4v) is 1.23. The molecular weight excluding hydrogens is 206 g/mol. The number of hydrogen-bond donors (Lipinski definition) is 1. The van der Waals surface area contributed by atoms with E-state index in [9.17, 15) is 13.6 Å². The maximum absolute atomic E-state index is 12.4. The molecule has 1 rings (SSSR count). The molecule has 1 aromatic heterocycles. The SMILES string of the molecule is CC(C)Cn1cc(C(F)F)c(C(=O)O)n1. The predicted molar refractivity (Wildman–Crippen MR) is 49.0 cm³/mol. The summed E-state index contributed by atoms with van der Waals surface area (Å²) in [6.45, 7) is 4.21. The van der Waals surface area contributed by atoms with Crippen molar-refractivity contribution >= 4 is 5.97 Å². The van der Waals surface area contributed by atoms with Gasteiger partial charge in [0.25, 0.3) is 6.43 Å². The monoisotopic (exact) mass is 218 g/mol. The summed E-state index contributed by atoms with van der Waals surface area (Å²) in [7, 11) is 0. The topological polar surface area (TPSA) is 55.1 Å². The molecule has 0 aliphatic rings. The third kappa shape index (κ3) is 2.74. The fraction of sp³-hybridized carbons (Fsp3) is 0.556. The van der Waals surface area contributed by atoms with Crippen LogP contribution in [0.5, 0.6) is 0 Å². The molecular formula is C9H12F2N2O2. The van der Waals surface area contributed by atoms with Crippen LogP contribution in [0.3, 0.4) is 0 Å². The molecule has 0 amide bonds. The molecule has 0 fully saturated rings. The van der Waals surface area contributed by atoms with E-state index in [0.29, 0.717) is 6.54 Å². The van der Waals surface area contributed by atoms with Crippen LogP contribution in [-0.2, 0) is 6.54 Å². The zero-order chi connectivity index (χ0) is 11.6. The van der Waals surface area contributed by atoms with E-state index in [0.717, 1.165) is 6.20 Å². The van der Waals surface area contributed by atoms with E-state index in [4.69, 9.17) is 5.11 Å². The van der Waals surface area contributed by atoms with E-state index in [2.05, 4.69) is 5.10 Å². The highest BCUT2D eigenvalue weighted by molar-refractivity contribution is 5.87. The molecule has 1 N–H and O–H groups in total. The molecule has 0 unspecified atom stereocenters. The number of nitrogens with zero attached hydrogens (tertiary/aromatic N) is 2. The van der Waals surface area contributed by atoms with Crippen molar-refractivity contribution in [1.82, 2.24) is 9.78 Å². The number of halogens is 2. The molecule has 0 aromatic carbocycles. The summed E-state index contributed by atoms with van der Waals surface area (Å²) < 4.78 is 26.1. The maximum atomic E-state index is 12.4. The number of rotatable bonds is 4. The summed E-state index contributed by atoms with van der Waals surface area (Å²) in [4.78, 5) is 10.6. The van der Waals surface area contributed by atoms with Crippen LogP contribution in [0.1, 0.15) is 36.3 Å². The Hall–Kier alpha value is -1.46. The Morgan fingerprint density at radius 3 is 2.53 bits per heavy atom. The van der Waals surface area contributed by atoms with Gasteiger partial charge >= 0.3 is 5.97 Å². The van der Waals surface area contributed by atoms with Gasteiger partial charge < -0.3 is 5.11 Å². The van der Waals surface area contributed by atoms with E-state index in [-0.39, 0.29) is 5.92 Å². The van der Waals surface area contributed by atoms with Gasteiger partial charge in [-0.25, -0.2) is 13.6 Å². The summed E-state index contributed by atoms with van der Waals surface area (Å²) in [6.07, 6.45) is -1.72. The van der Waals surface area contributed by atoms with Gasteiger partial charge in [-0.1, -0.05) is 13.8 Å². The number of carbonyl (C=O) groups is 1. The molecule has 0 aliphatic carbocycles. The van der Waals surface area contributed by atoms with Crippen LogP contribution in [0.2, 0.25) is 0 Å². The van der Waals surface area contributed by atoms with Crippen molar-refractivity contribution in [2.75, 3.05) is 0 Å². The lowest BCUT2D eigenvalue weighted by Crippen LogP contribution is -2.07. The van der Waals surface area contributed by atoms with Crippen molar-refractivity contribution in [3.63, 3.8) is 0 Å². The minimum atomic E-state index is -2.81. The van der Waals surface area contributed by atoms with Gasteiger partial charge in [-0.3, -0.25) is 4.68 Å². The highest BCUT2D eigenvalue weighted by Gasteiger charge is 2.22. The minimum absolute atomic E-state index is 0.220. The van der Waals surface area contributed by atoms with Crippen LogP contribution in [0.25, 0.3) is 0 Å². The van der Waals surface area contributed by atoms with Gasteiger partial charge in [-0.15, -0.1) is 0 Å². The highest BCUT2D eigenvalue weighted by atomic mass is 19.3. The quantitative estimate of drug-likeness (QED) is 0.842. The van der Waals surface area contributed by atoms with Crippen molar-refractivity contribution in [1.29, 1.82) is 0 Å². The summed E-state index contributed by atoms with van der Waals surface area (Å²) in [6, 6.07) is 0. The summed E-state index contributed by atoms with van der Waals surface area (Å²) in [5.74, 6) is -1.20. The first-order valence-electron chi connectivity index (χ1n) is 4.50.